The van der Waals surface area contributed by atoms with Gasteiger partial charge in [-0.15, -0.1) is 0 Å². The number of likely N-dealkylation sites (tertiary alicyclic amines) is 2. The number of aromatic carboxylic acids is 1. The number of aromatic nitrogens is 12. The van der Waals surface area contributed by atoms with E-state index in [0.29, 0.717) is 59.0 Å². The van der Waals surface area contributed by atoms with Gasteiger partial charge in [0.1, 0.15) is 40.2 Å². The molecule has 2 amide bonds. The fourth-order valence-electron chi connectivity index (χ4n) is 9.59. The fourth-order valence-corrected chi connectivity index (χ4v) is 11.3. The van der Waals surface area contributed by atoms with Crippen molar-refractivity contribution in [3.8, 4) is 23.5 Å². The molecule has 0 bridgehead atoms. The Balaban J connectivity index is 0.000000465. The number of rotatable bonds is 11. The Hall–Kier alpha value is -11.2. The van der Waals surface area contributed by atoms with E-state index in [9.17, 15) is 60.8 Å². The topological polar surface area (TPSA) is 455 Å². The summed E-state index contributed by atoms with van der Waals surface area (Å²) in [6, 6.07) is 30.0. The zero-order valence-corrected chi connectivity index (χ0v) is 68.6. The summed E-state index contributed by atoms with van der Waals surface area (Å²) in [5.41, 5.74) is 7.64. The maximum atomic E-state index is 13.4. The average Bonchev–Trinajstić information content (AvgIpc) is 1.69. The van der Waals surface area contributed by atoms with Crippen molar-refractivity contribution in [2.24, 2.45) is 10.5 Å². The van der Waals surface area contributed by atoms with Crippen LogP contribution >= 0.6 is 76.8 Å². The van der Waals surface area contributed by atoms with Crippen LogP contribution in [-0.4, -0.2) is 195 Å². The van der Waals surface area contributed by atoms with E-state index in [4.69, 9.17) is 37.8 Å². The number of aliphatic hydroxyl groups is 1. The summed E-state index contributed by atoms with van der Waals surface area (Å²) in [4.78, 5) is 108. The van der Waals surface area contributed by atoms with Crippen molar-refractivity contribution in [1.29, 1.82) is 15.8 Å². The maximum Gasteiger partial charge on any atom is 1.00 e. The van der Waals surface area contributed by atoms with E-state index in [-0.39, 0.29) is 92.2 Å². The summed E-state index contributed by atoms with van der Waals surface area (Å²) in [5, 5.41) is 59.3. The van der Waals surface area contributed by atoms with Crippen LogP contribution in [0.5, 0.6) is 0 Å². The van der Waals surface area contributed by atoms with Crippen LogP contribution in [-0.2, 0) is 31.3 Å². The molecule has 42 heteroatoms. The largest absolute Gasteiger partial charge is 1.00 e. The fraction of sp³-hybridized carbons (Fsp3) is 0.211. The van der Waals surface area contributed by atoms with Gasteiger partial charge in [-0.2, -0.15) is 62.5 Å². The predicted molar refractivity (Wildman–Crippen MR) is 417 cm³/mol. The molecule has 2 aliphatic rings. The minimum absolute atomic E-state index is 0. The third-order valence-electron chi connectivity index (χ3n) is 14.4. The molecule has 0 saturated carbocycles. The normalized spacial score (nSPS) is 13.5. The number of nitrogens with two attached hydrogens (primary N) is 1. The molecule has 10 aromatic rings. The quantitative estimate of drug-likeness (QED) is 0.0108. The monoisotopic (exact) mass is 1960 g/mol. The van der Waals surface area contributed by atoms with Crippen molar-refractivity contribution in [1.82, 2.24) is 69.7 Å². The molecule has 5 N–H and O–H groups in total. The molecule has 4 atom stereocenters. The van der Waals surface area contributed by atoms with E-state index in [1.54, 1.807) is 108 Å². The third-order valence-corrected chi connectivity index (χ3v) is 17.1. The number of methoxy groups -OCH3 is 3. The number of aldehydes is 1. The Labute approximate surface area is 696 Å². The molecule has 113 heavy (non-hydrogen) atoms. The molecular formula is C71H66CuF5I3N20O12P. The molecule has 0 spiro atoms. The summed E-state index contributed by atoms with van der Waals surface area (Å²) in [6.45, 7) is 9.75. The van der Waals surface area contributed by atoms with Gasteiger partial charge in [0.15, 0.2) is 6.29 Å². The summed E-state index contributed by atoms with van der Waals surface area (Å²) in [6.07, 6.45) is 16.1. The van der Waals surface area contributed by atoms with Crippen molar-refractivity contribution in [3.05, 3.63) is 256 Å². The van der Waals surface area contributed by atoms with Gasteiger partial charge in [0.05, 0.1) is 85.3 Å². The number of ether oxygens (including phenoxy) is 3. The molecule has 2 saturated heterocycles. The number of hydrogen-bond acceptors (Lipinski definition) is 27. The van der Waals surface area contributed by atoms with E-state index < -0.39 is 59.2 Å². The summed E-state index contributed by atoms with van der Waals surface area (Å²) in [7, 11) is 9.03. The molecule has 594 valence electrons. The van der Waals surface area contributed by atoms with Gasteiger partial charge < -0.3 is 57.1 Å². The van der Waals surface area contributed by atoms with Crippen molar-refractivity contribution < 1.29 is 97.0 Å². The van der Waals surface area contributed by atoms with E-state index >= 15 is 0 Å². The molecule has 2 fully saturated rings. The van der Waals surface area contributed by atoms with Gasteiger partial charge >= 0.3 is 40.9 Å². The molecule has 12 rings (SSSR count). The number of anilines is 1. The van der Waals surface area contributed by atoms with Crippen molar-refractivity contribution in [2.75, 3.05) is 53.9 Å². The third kappa shape index (κ3) is 29.4. The van der Waals surface area contributed by atoms with Gasteiger partial charge in [0, 0.05) is 99.3 Å². The zero-order valence-electron chi connectivity index (χ0n) is 60.2. The first-order valence-electron chi connectivity index (χ1n) is 31.6. The maximum absolute atomic E-state index is 13.4. The Morgan fingerprint density at radius 3 is 1.34 bits per heavy atom. The Bertz CT molecular complexity index is 4840. The zero-order chi connectivity index (χ0) is 83.6. The number of pyridine rings is 6. The van der Waals surface area contributed by atoms with Gasteiger partial charge in [-0.25, -0.2) is 49.1 Å². The number of amides is 2. The Morgan fingerprint density at radius 2 is 0.956 bits per heavy atom. The van der Waals surface area contributed by atoms with Gasteiger partial charge in [-0.05, 0) is 170 Å². The minimum Gasteiger partial charge on any atom is -0.512 e. The van der Waals surface area contributed by atoms with Gasteiger partial charge in [-0.1, -0.05) is 30.3 Å². The number of nitriles is 2. The second kappa shape index (κ2) is 52.1. The number of hydrogen-bond donors (Lipinski definition) is 4. The number of carboxylic acid groups (broad SMARTS) is 1. The van der Waals surface area contributed by atoms with Crippen LogP contribution in [0, 0.1) is 74.9 Å². The number of carbonyl (C=O) groups excluding carboxylic acids is 6. The summed E-state index contributed by atoms with van der Waals surface area (Å²) in [5.74, 6) is -7.29. The number of carbonyl (C=O) groups is 7. The van der Waals surface area contributed by atoms with Crippen LogP contribution in [0.4, 0.5) is 27.8 Å². The second-order valence-corrected chi connectivity index (χ2v) is 25.3. The molecule has 10 heterocycles. The Morgan fingerprint density at radius 1 is 0.566 bits per heavy atom. The predicted octanol–water partition coefficient (Wildman–Crippen LogP) is 10.4. The standard InChI is InChI=1S/C22H21N7O3.C14H17N5O.C8H5FN2O2.C7H5FINO2.C6H3FINO2.C6H3FINO.C5H4FN.CH4NP.CN.CH4O.Cu/c1-14-11-16(27-20-19(22(31)32-2)15(12-23)7-8-24-20)13-28(14)21(30)17-5-3-4-6-18(17)29-25-9-10-26-29;1-10-8-11(15)9-18(10)14(20)12-4-2-3-5-13(12)19-16-6-7-17-19;1-13-8(12)6-5(4-10)2-3-11-7(6)9;1-12-7(11)5-4(9)2-3-10-6(5)8;7-5-4(6(10)11)3(8)1-2-9-5;7-6-4(3-10)5(8)1-2-9-6;6-5-3-1-2-4-7-5;1-2-3;2*1-2;/h3-10,14,16H,11,13H2,1-2H3,(H,24,27);2-7,10-11H,8-9,15H2,1H3;2-3H,1H3;2-3H,1H3;1-2H,(H,10,11);1-3H;1-4H;3H,1H3;;2H,1H3;/q;;;;;;;;-1;;+1/t14-,16-;10-,11-;;;;;;;;;/m11........./s1. The number of carboxylic acids is 1. The first kappa shape index (κ1) is 97.8. The second-order valence-electron chi connectivity index (χ2n) is 21.4. The van der Waals surface area contributed by atoms with E-state index in [2.05, 4.69) is 78.9 Å². The van der Waals surface area contributed by atoms with Gasteiger partial charge in [-0.3, -0.25) is 19.1 Å². The van der Waals surface area contributed by atoms with Crippen LogP contribution in [0.1, 0.15) is 110 Å². The number of benzene rings is 2. The SMILES string of the molecule is CN=P.CO.COC(=O)c1c(C#N)ccnc1F.COC(=O)c1c(C#N)ccnc1N[C@@H]1C[C@@H](C)N(C(=O)c2ccccc2-n2nccn2)C1.COC(=O)c1c(I)ccnc1F.C[C@@H]1C[C@@H](N)CN1C(=O)c1ccccc1-n1nccn1.Fc1ccccn1.O=C(O)c1c(I)ccnc1F.O=Cc1c(I)ccnc1F.[C-]#N.[Cu+]. The number of nitrogens with zero attached hydrogens (tertiary/aromatic N) is 18. The average molecular weight is 1960 g/mol. The summed E-state index contributed by atoms with van der Waals surface area (Å²) < 4.78 is 80.9. The van der Waals surface area contributed by atoms with Crippen LogP contribution < -0.4 is 11.1 Å². The smallest absolute Gasteiger partial charge is 0.512 e. The number of esters is 3. The number of halogens is 8. The summed E-state index contributed by atoms with van der Waals surface area (Å²) >= 11 is 5.46. The van der Waals surface area contributed by atoms with E-state index in [1.807, 2.05) is 94.3 Å². The number of nitrogens with one attached hydrogen (secondary N) is 1. The molecule has 2 aromatic carbocycles. The van der Waals surface area contributed by atoms with Crippen molar-refractivity contribution >= 4 is 125 Å². The first-order valence-corrected chi connectivity index (χ1v) is 35.3. The molecular weight excluding hydrogens is 1900 g/mol. The first-order chi connectivity index (χ1) is 53.7. The van der Waals surface area contributed by atoms with Crippen LogP contribution in [0.3, 0.4) is 0 Å². The van der Waals surface area contributed by atoms with Crippen LogP contribution in [0.15, 0.2) is 164 Å². The number of para-hydroxylation sites is 2. The molecule has 8 aromatic heterocycles. The Kier molecular flexibility index (Phi) is 45.1. The van der Waals surface area contributed by atoms with Crippen molar-refractivity contribution in [2.45, 2.75) is 50.9 Å². The molecule has 0 unspecified atom stereocenters. The number of aliphatic hydroxyl groups excluding tert-OH is 1. The molecule has 0 aliphatic carbocycles. The molecule has 2 aliphatic heterocycles. The molecule has 0 radical (unpaired) electrons. The van der Waals surface area contributed by atoms with E-state index in [0.717, 1.165) is 26.8 Å². The van der Waals surface area contributed by atoms with Gasteiger partial charge in [0.2, 0.25) is 29.7 Å². The van der Waals surface area contributed by atoms with Crippen molar-refractivity contribution in [3.63, 3.8) is 0 Å². The van der Waals surface area contributed by atoms with Gasteiger partial charge in [0.25, 0.3) is 11.8 Å². The van der Waals surface area contributed by atoms with Crippen LogP contribution in [0.25, 0.3) is 11.4 Å². The molecule has 32 nitrogen and oxygen atoms in total. The minimum atomic E-state index is -1.29. The van der Waals surface area contributed by atoms with Crippen LogP contribution in [0.2, 0.25) is 0 Å². The van der Waals surface area contributed by atoms with E-state index in [1.165, 1.54) is 85.1 Å².